The fourth-order valence-electron chi connectivity index (χ4n) is 6.54. The van der Waals surface area contributed by atoms with Gasteiger partial charge in [0.2, 0.25) is 5.69 Å². The molecule has 0 amide bonds. The third-order valence-corrected chi connectivity index (χ3v) is 9.87. The Labute approximate surface area is 242 Å². The van der Waals surface area contributed by atoms with E-state index in [-0.39, 0.29) is 10.8 Å². The van der Waals surface area contributed by atoms with Crippen LogP contribution in [0.15, 0.2) is 118 Å². The quantitative estimate of drug-likeness (QED) is 0.239. The maximum atomic E-state index is 4.54. The van der Waals surface area contributed by atoms with Crippen molar-refractivity contribution in [3.8, 4) is 0 Å². The smallest absolute Gasteiger partial charge is 0.209 e. The maximum absolute atomic E-state index is 4.54. The van der Waals surface area contributed by atoms with E-state index in [1.54, 1.807) is 11.8 Å². The fraction of sp³-hybridized carbons (Fsp3) is 0.286. The average Bonchev–Trinajstić information content (AvgIpc) is 3.49. The number of hydrogen-bond donors (Lipinski definition) is 0. The highest BCUT2D eigenvalue weighted by Gasteiger charge is 2.42. The van der Waals surface area contributed by atoms with E-state index in [0.717, 1.165) is 18.0 Å². The van der Waals surface area contributed by atoms with Crippen LogP contribution in [0.2, 0.25) is 0 Å². The van der Waals surface area contributed by atoms with Crippen LogP contribution in [-0.4, -0.2) is 34.4 Å². The monoisotopic (exact) mass is 545 g/mol. The number of rotatable bonds is 5. The molecule has 1 aromatic heterocycles. The second kappa shape index (κ2) is 10.0. The summed E-state index contributed by atoms with van der Waals surface area (Å²) in [6.07, 6.45) is 15.0. The molecule has 1 aliphatic carbocycles. The van der Waals surface area contributed by atoms with Crippen LogP contribution in [0.1, 0.15) is 51.7 Å². The van der Waals surface area contributed by atoms with Crippen molar-refractivity contribution < 1.29 is 4.58 Å². The van der Waals surface area contributed by atoms with E-state index >= 15 is 0 Å². The Bertz CT molecular complexity index is 1640. The van der Waals surface area contributed by atoms with E-state index in [4.69, 9.17) is 0 Å². The predicted molar refractivity (Wildman–Crippen MR) is 168 cm³/mol. The van der Waals surface area contributed by atoms with Crippen LogP contribution < -0.4 is 4.90 Å². The first-order valence-electron chi connectivity index (χ1n) is 14.0. The van der Waals surface area contributed by atoms with Crippen LogP contribution in [0, 0.1) is 0 Å². The van der Waals surface area contributed by atoms with Crippen molar-refractivity contribution >= 4 is 28.8 Å². The zero-order valence-corrected chi connectivity index (χ0v) is 25.1. The molecular weight excluding hydrogens is 508 g/mol. The summed E-state index contributed by atoms with van der Waals surface area (Å²) in [5, 5.41) is 0.785. The lowest BCUT2D eigenvalue weighted by molar-refractivity contribution is -0.401. The molecule has 6 rings (SSSR count). The minimum absolute atomic E-state index is 0.0480. The first kappa shape index (κ1) is 26.5. The lowest BCUT2D eigenvalue weighted by atomic mass is 9.81. The zero-order valence-electron chi connectivity index (χ0n) is 24.3. The highest BCUT2D eigenvalue weighted by molar-refractivity contribution is 8.03. The number of nitrogens with zero attached hydrogens (tertiary/aromatic N) is 4. The summed E-state index contributed by atoms with van der Waals surface area (Å²) in [5.74, 6) is 0. The van der Waals surface area contributed by atoms with Gasteiger partial charge >= 0.3 is 0 Å². The van der Waals surface area contributed by atoms with Gasteiger partial charge in [-0.2, -0.15) is 4.58 Å². The predicted octanol–water partition coefficient (Wildman–Crippen LogP) is 8.12. The van der Waals surface area contributed by atoms with Crippen LogP contribution in [-0.2, 0) is 10.8 Å². The van der Waals surface area contributed by atoms with Gasteiger partial charge in [-0.15, -0.1) is 0 Å². The molecule has 0 bridgehead atoms. The Hall–Kier alpha value is -3.70. The first-order valence-corrected chi connectivity index (χ1v) is 14.8. The van der Waals surface area contributed by atoms with Gasteiger partial charge in [0.05, 0.1) is 5.41 Å². The van der Waals surface area contributed by atoms with Gasteiger partial charge in [-0.05, 0) is 73.4 Å². The SMILES string of the molecule is CN1/C(=C/C=C2\CCC(/C=C/C3=[N+](C)c4ccccc4C3(C)C)=C2Sc2ncccn2)C(C)(C)c2ccccc21. The third-order valence-electron chi connectivity index (χ3n) is 8.75. The van der Waals surface area contributed by atoms with E-state index in [9.17, 15) is 0 Å². The molecule has 0 N–H and O–H groups in total. The lowest BCUT2D eigenvalue weighted by Crippen LogP contribution is -2.26. The molecule has 40 heavy (non-hydrogen) atoms. The van der Waals surface area contributed by atoms with Crippen LogP contribution >= 0.6 is 11.8 Å². The molecule has 3 heterocycles. The Balaban J connectivity index is 1.38. The van der Waals surface area contributed by atoms with Crippen LogP contribution in [0.3, 0.4) is 0 Å². The molecule has 0 saturated carbocycles. The number of aromatic nitrogens is 2. The molecule has 0 radical (unpaired) electrons. The second-order valence-corrected chi connectivity index (χ2v) is 12.8. The Morgan fingerprint density at radius 2 is 1.52 bits per heavy atom. The summed E-state index contributed by atoms with van der Waals surface area (Å²) in [6.45, 7) is 9.28. The molecule has 0 unspecified atom stereocenters. The van der Waals surface area contributed by atoms with E-state index < -0.39 is 0 Å². The number of thioether (sulfide) groups is 1. The molecule has 2 aromatic carbocycles. The molecule has 0 spiro atoms. The second-order valence-electron chi connectivity index (χ2n) is 11.9. The van der Waals surface area contributed by atoms with Crippen LogP contribution in [0.4, 0.5) is 11.4 Å². The minimum Gasteiger partial charge on any atom is -0.347 e. The summed E-state index contributed by atoms with van der Waals surface area (Å²) in [5.41, 5.74) is 10.5. The van der Waals surface area contributed by atoms with Gasteiger partial charge in [-0.3, -0.25) is 0 Å². The standard InChI is InChI=1S/C35H37N4S/c1-34(2)26-12-7-9-14-28(26)38(5)30(34)20-18-24-16-17-25(32(24)40-33-36-22-11-23-37-33)19-21-31-35(3,4)27-13-8-10-15-29(27)39(31)6/h7-15,18-23H,16-17H2,1-6H3/q+1. The molecule has 3 aliphatic rings. The third kappa shape index (κ3) is 4.37. The van der Waals surface area contributed by atoms with Gasteiger partial charge in [0.15, 0.2) is 10.9 Å². The number of allylic oxidation sites excluding steroid dienone is 7. The van der Waals surface area contributed by atoms with E-state index in [2.05, 4.69) is 134 Å². The summed E-state index contributed by atoms with van der Waals surface area (Å²) in [6, 6.07) is 19.3. The topological polar surface area (TPSA) is 32.0 Å². The molecule has 0 fully saturated rings. The van der Waals surface area contributed by atoms with Gasteiger partial charge < -0.3 is 4.90 Å². The number of fused-ring (bicyclic) bond motifs is 2. The highest BCUT2D eigenvalue weighted by Crippen LogP contribution is 2.48. The fourth-order valence-corrected chi connectivity index (χ4v) is 7.56. The van der Waals surface area contributed by atoms with Crippen molar-refractivity contribution in [1.82, 2.24) is 9.97 Å². The summed E-state index contributed by atoms with van der Waals surface area (Å²) in [7, 11) is 4.36. The van der Waals surface area contributed by atoms with Gasteiger partial charge in [-0.25, -0.2) is 9.97 Å². The van der Waals surface area contributed by atoms with Crippen LogP contribution in [0.5, 0.6) is 0 Å². The van der Waals surface area contributed by atoms with Crippen molar-refractivity contribution in [2.75, 3.05) is 19.0 Å². The number of likely N-dealkylation sites (N-methyl/N-ethyl adjacent to an activating group) is 1. The molecule has 202 valence electrons. The summed E-state index contributed by atoms with van der Waals surface area (Å²) >= 11 is 1.68. The van der Waals surface area contributed by atoms with E-state index in [1.807, 2.05) is 18.5 Å². The number of para-hydroxylation sites is 2. The van der Waals surface area contributed by atoms with Gasteiger partial charge in [0.1, 0.15) is 7.05 Å². The molecule has 0 saturated heterocycles. The van der Waals surface area contributed by atoms with Crippen molar-refractivity contribution in [3.05, 3.63) is 124 Å². The number of anilines is 1. The summed E-state index contributed by atoms with van der Waals surface area (Å²) in [4.78, 5) is 12.7. The molecule has 0 atom stereocenters. The Morgan fingerprint density at radius 1 is 0.825 bits per heavy atom. The molecule has 4 nitrogen and oxygen atoms in total. The number of hydrogen-bond acceptors (Lipinski definition) is 4. The van der Waals surface area contributed by atoms with Crippen LogP contribution in [0.25, 0.3) is 0 Å². The highest BCUT2D eigenvalue weighted by atomic mass is 32.2. The molecule has 2 aliphatic heterocycles. The number of benzene rings is 2. The minimum atomic E-state index is -0.0480. The van der Waals surface area contributed by atoms with Crippen molar-refractivity contribution in [1.29, 1.82) is 0 Å². The molecule has 3 aromatic rings. The largest absolute Gasteiger partial charge is 0.347 e. The normalized spacial score (nSPS) is 21.3. The first-order chi connectivity index (χ1) is 19.2. The van der Waals surface area contributed by atoms with Crippen molar-refractivity contribution in [3.63, 3.8) is 0 Å². The lowest BCUT2D eigenvalue weighted by Gasteiger charge is -2.23. The van der Waals surface area contributed by atoms with E-state index in [0.29, 0.717) is 0 Å². The maximum Gasteiger partial charge on any atom is 0.209 e. The van der Waals surface area contributed by atoms with Crippen molar-refractivity contribution in [2.24, 2.45) is 0 Å². The molecular formula is C35H37N4S+. The zero-order chi connectivity index (χ0) is 28.1. The van der Waals surface area contributed by atoms with Crippen molar-refractivity contribution in [2.45, 2.75) is 56.5 Å². The Morgan fingerprint density at radius 3 is 2.25 bits per heavy atom. The van der Waals surface area contributed by atoms with Gasteiger partial charge in [-0.1, -0.05) is 62.4 Å². The average molecular weight is 546 g/mol. The molecule has 5 heteroatoms. The van der Waals surface area contributed by atoms with E-state index in [1.165, 1.54) is 50.0 Å². The summed E-state index contributed by atoms with van der Waals surface area (Å²) < 4.78 is 2.34. The Kier molecular flexibility index (Phi) is 6.66. The van der Waals surface area contributed by atoms with Gasteiger partial charge in [0, 0.05) is 58.9 Å². The van der Waals surface area contributed by atoms with Gasteiger partial charge in [0.25, 0.3) is 0 Å².